The second-order valence-corrected chi connectivity index (χ2v) is 3.71. The summed E-state index contributed by atoms with van der Waals surface area (Å²) in [5, 5.41) is 3.17. The molecule has 2 unspecified atom stereocenters. The Labute approximate surface area is 65.2 Å². The van der Waals surface area contributed by atoms with Gasteiger partial charge in [-0.05, 0) is 31.3 Å². The van der Waals surface area contributed by atoms with Gasteiger partial charge < -0.3 is 5.32 Å². The van der Waals surface area contributed by atoms with Crippen LogP contribution in [0.1, 0.15) is 6.42 Å². The van der Waals surface area contributed by atoms with E-state index in [1.807, 2.05) is 0 Å². The summed E-state index contributed by atoms with van der Waals surface area (Å²) in [7, 11) is 0. The third-order valence-electron chi connectivity index (χ3n) is 3.35. The molecule has 1 saturated carbocycles. The summed E-state index contributed by atoms with van der Waals surface area (Å²) >= 11 is 0. The molecule has 0 bridgehead atoms. The van der Waals surface area contributed by atoms with E-state index in [-0.39, 0.29) is 5.92 Å². The van der Waals surface area contributed by atoms with E-state index in [4.69, 9.17) is 0 Å². The quantitative estimate of drug-likeness (QED) is 0.640. The fraction of sp³-hybridized carbons (Fsp3) is 1.00. The molecule has 2 aliphatic rings. The molecule has 0 aromatic rings. The SMILES string of the molecule is FCC1(CF)C2CCNCC21. The molecule has 2 rings (SSSR count). The van der Waals surface area contributed by atoms with Crippen molar-refractivity contribution in [3.63, 3.8) is 0 Å². The third kappa shape index (κ3) is 0.835. The zero-order valence-electron chi connectivity index (χ0n) is 6.45. The fourth-order valence-corrected chi connectivity index (χ4v) is 2.45. The molecule has 11 heavy (non-hydrogen) atoms. The molecule has 0 spiro atoms. The lowest BCUT2D eigenvalue weighted by Crippen LogP contribution is -2.24. The van der Waals surface area contributed by atoms with Gasteiger partial charge in [0.2, 0.25) is 0 Å². The molecule has 1 aliphatic heterocycles. The van der Waals surface area contributed by atoms with Gasteiger partial charge in [-0.15, -0.1) is 0 Å². The van der Waals surface area contributed by atoms with E-state index in [1.54, 1.807) is 0 Å². The first-order valence-corrected chi connectivity index (χ1v) is 4.18. The van der Waals surface area contributed by atoms with E-state index < -0.39 is 18.8 Å². The lowest BCUT2D eigenvalue weighted by Gasteiger charge is -2.07. The number of hydrogen-bond donors (Lipinski definition) is 1. The highest BCUT2D eigenvalue weighted by molar-refractivity contribution is 5.12. The van der Waals surface area contributed by atoms with Crippen LogP contribution in [0.2, 0.25) is 0 Å². The summed E-state index contributed by atoms with van der Waals surface area (Å²) in [5.74, 6) is 0.616. The summed E-state index contributed by atoms with van der Waals surface area (Å²) < 4.78 is 24.9. The molecule has 64 valence electrons. The third-order valence-corrected chi connectivity index (χ3v) is 3.35. The molecule has 1 heterocycles. The predicted molar refractivity (Wildman–Crippen MR) is 38.8 cm³/mol. The second kappa shape index (κ2) is 2.41. The van der Waals surface area contributed by atoms with Crippen LogP contribution in [-0.4, -0.2) is 26.4 Å². The Morgan fingerprint density at radius 1 is 1.27 bits per heavy atom. The van der Waals surface area contributed by atoms with Crippen molar-refractivity contribution in [2.24, 2.45) is 17.3 Å². The Morgan fingerprint density at radius 2 is 2.00 bits per heavy atom. The van der Waals surface area contributed by atoms with E-state index in [0.29, 0.717) is 5.92 Å². The Morgan fingerprint density at radius 3 is 2.45 bits per heavy atom. The van der Waals surface area contributed by atoms with Gasteiger partial charge in [0, 0.05) is 5.41 Å². The zero-order chi connectivity index (χ0) is 7.90. The van der Waals surface area contributed by atoms with Crippen LogP contribution >= 0.6 is 0 Å². The van der Waals surface area contributed by atoms with Crippen molar-refractivity contribution in [3.05, 3.63) is 0 Å². The van der Waals surface area contributed by atoms with Crippen molar-refractivity contribution in [2.75, 3.05) is 26.4 Å². The Bertz CT molecular complexity index is 142. The minimum atomic E-state index is -0.566. The van der Waals surface area contributed by atoms with Crippen molar-refractivity contribution in [2.45, 2.75) is 6.42 Å². The average Bonchev–Trinajstić information content (AvgIpc) is 2.74. The summed E-state index contributed by atoms with van der Waals surface area (Å²) in [5.41, 5.74) is -0.566. The fourth-order valence-electron chi connectivity index (χ4n) is 2.45. The standard InChI is InChI=1S/C8H13F2N/c9-4-8(5-10)6-1-2-11-3-7(6)8/h6-7,11H,1-5H2. The second-order valence-electron chi connectivity index (χ2n) is 3.71. The summed E-state index contributed by atoms with van der Waals surface area (Å²) in [6.45, 7) is 0.808. The van der Waals surface area contributed by atoms with Crippen LogP contribution in [0.25, 0.3) is 0 Å². The maximum absolute atomic E-state index is 12.5. The van der Waals surface area contributed by atoms with Crippen LogP contribution in [-0.2, 0) is 0 Å². The minimum absolute atomic E-state index is 0.284. The molecule has 0 amide bonds. The zero-order valence-corrected chi connectivity index (χ0v) is 6.45. The first kappa shape index (κ1) is 7.47. The molecule has 0 aromatic carbocycles. The average molecular weight is 161 g/mol. The van der Waals surface area contributed by atoms with Gasteiger partial charge >= 0.3 is 0 Å². The minimum Gasteiger partial charge on any atom is -0.316 e. The van der Waals surface area contributed by atoms with E-state index in [9.17, 15) is 8.78 Å². The van der Waals surface area contributed by atoms with Crippen LogP contribution in [0.15, 0.2) is 0 Å². The Kier molecular flexibility index (Phi) is 1.63. The van der Waals surface area contributed by atoms with Gasteiger partial charge in [0.1, 0.15) is 0 Å². The van der Waals surface area contributed by atoms with Gasteiger partial charge in [-0.3, -0.25) is 8.78 Å². The van der Waals surface area contributed by atoms with E-state index in [1.165, 1.54) is 0 Å². The van der Waals surface area contributed by atoms with Crippen molar-refractivity contribution in [3.8, 4) is 0 Å². The van der Waals surface area contributed by atoms with Crippen molar-refractivity contribution >= 4 is 0 Å². The van der Waals surface area contributed by atoms with E-state index in [0.717, 1.165) is 19.5 Å². The lowest BCUT2D eigenvalue weighted by molar-refractivity contribution is 0.237. The van der Waals surface area contributed by atoms with Gasteiger partial charge in [-0.2, -0.15) is 0 Å². The summed E-state index contributed by atoms with van der Waals surface area (Å²) in [6, 6.07) is 0. The monoisotopic (exact) mass is 161 g/mol. The molecular formula is C8H13F2N. The molecule has 1 aliphatic carbocycles. The van der Waals surface area contributed by atoms with Gasteiger partial charge in [0.05, 0.1) is 13.3 Å². The number of rotatable bonds is 2. The highest BCUT2D eigenvalue weighted by atomic mass is 19.1. The smallest absolute Gasteiger partial charge is 0.0981 e. The molecule has 0 radical (unpaired) electrons. The van der Waals surface area contributed by atoms with Crippen LogP contribution in [0.4, 0.5) is 8.78 Å². The Hall–Kier alpha value is -0.180. The van der Waals surface area contributed by atoms with Crippen LogP contribution in [0.3, 0.4) is 0 Å². The normalized spacial score (nSPS) is 39.8. The van der Waals surface area contributed by atoms with Gasteiger partial charge in [0.15, 0.2) is 0 Å². The Balaban J connectivity index is 2.06. The predicted octanol–water partition coefficient (Wildman–Crippen LogP) is 1.15. The van der Waals surface area contributed by atoms with Crippen LogP contribution in [0, 0.1) is 17.3 Å². The molecule has 3 heteroatoms. The molecule has 0 aromatic heterocycles. The van der Waals surface area contributed by atoms with Crippen molar-refractivity contribution in [1.29, 1.82) is 0 Å². The summed E-state index contributed by atoms with van der Waals surface area (Å²) in [6.07, 6.45) is 0.957. The van der Waals surface area contributed by atoms with Crippen LogP contribution in [0.5, 0.6) is 0 Å². The largest absolute Gasteiger partial charge is 0.316 e. The molecule has 2 atom stereocenters. The topological polar surface area (TPSA) is 12.0 Å². The first-order chi connectivity index (χ1) is 5.35. The summed E-state index contributed by atoms with van der Waals surface area (Å²) in [4.78, 5) is 0. The molecule has 1 N–H and O–H groups in total. The van der Waals surface area contributed by atoms with Crippen molar-refractivity contribution < 1.29 is 8.78 Å². The van der Waals surface area contributed by atoms with Crippen LogP contribution < -0.4 is 5.32 Å². The number of halogens is 2. The molecule has 2 fully saturated rings. The highest BCUT2D eigenvalue weighted by Gasteiger charge is 2.64. The maximum atomic E-state index is 12.5. The number of fused-ring (bicyclic) bond motifs is 1. The van der Waals surface area contributed by atoms with Gasteiger partial charge in [-0.1, -0.05) is 0 Å². The number of piperidine rings is 1. The van der Waals surface area contributed by atoms with Gasteiger partial charge in [-0.25, -0.2) is 0 Å². The molecule has 1 saturated heterocycles. The van der Waals surface area contributed by atoms with E-state index in [2.05, 4.69) is 5.32 Å². The highest BCUT2D eigenvalue weighted by Crippen LogP contribution is 2.61. The number of nitrogens with one attached hydrogen (secondary N) is 1. The molecular weight excluding hydrogens is 148 g/mol. The van der Waals surface area contributed by atoms with Crippen molar-refractivity contribution in [1.82, 2.24) is 5.32 Å². The number of hydrogen-bond acceptors (Lipinski definition) is 1. The number of alkyl halides is 2. The van der Waals surface area contributed by atoms with Gasteiger partial charge in [0.25, 0.3) is 0 Å². The lowest BCUT2D eigenvalue weighted by atomic mass is 10.1. The maximum Gasteiger partial charge on any atom is 0.0981 e. The molecule has 1 nitrogen and oxygen atoms in total. The first-order valence-electron chi connectivity index (χ1n) is 4.18. The van der Waals surface area contributed by atoms with E-state index >= 15 is 0 Å².